The summed E-state index contributed by atoms with van der Waals surface area (Å²) in [5.41, 5.74) is 2.13. The van der Waals surface area contributed by atoms with Crippen molar-refractivity contribution < 1.29 is 0 Å². The molecule has 0 spiro atoms. The number of guanidine groups is 1. The molecule has 2 rings (SSSR count). The first kappa shape index (κ1) is 18.7. The average Bonchev–Trinajstić information content (AvgIpc) is 2.47. The quantitative estimate of drug-likeness (QED) is 0.450. The minimum Gasteiger partial charge on any atom is -0.357 e. The van der Waals surface area contributed by atoms with Crippen LogP contribution < -0.4 is 10.6 Å². The molecule has 0 atom stereocenters. The van der Waals surface area contributed by atoms with E-state index in [2.05, 4.69) is 59.6 Å². The summed E-state index contributed by atoms with van der Waals surface area (Å²) in [5.74, 6) is 0.869. The number of aliphatic imine (C=N–C) groups is 1. The van der Waals surface area contributed by atoms with Crippen molar-refractivity contribution in [2.45, 2.75) is 33.2 Å². The molecule has 0 saturated carbocycles. The maximum atomic E-state index is 4.67. The van der Waals surface area contributed by atoms with Crippen LogP contribution in [-0.2, 0) is 6.42 Å². The Morgan fingerprint density at radius 1 is 1.18 bits per heavy atom. The molecule has 1 heterocycles. The average molecular weight is 412 g/mol. The summed E-state index contributed by atoms with van der Waals surface area (Å²) < 4.78 is 0. The summed E-state index contributed by atoms with van der Waals surface area (Å²) in [6.45, 7) is 7.89. The Morgan fingerprint density at radius 2 is 1.95 bits per heavy atom. The van der Waals surface area contributed by atoms with Gasteiger partial charge in [0, 0.05) is 36.6 Å². The lowest BCUT2D eigenvalue weighted by Gasteiger charge is -2.13. The normalized spacial score (nSPS) is 11.4. The molecule has 0 aliphatic rings. The van der Waals surface area contributed by atoms with E-state index in [0.29, 0.717) is 6.04 Å². The highest BCUT2D eigenvalue weighted by atomic mass is 127. The molecule has 0 aliphatic heterocycles. The van der Waals surface area contributed by atoms with Crippen LogP contribution in [0.15, 0.2) is 41.4 Å². The van der Waals surface area contributed by atoms with E-state index in [-0.39, 0.29) is 24.0 Å². The van der Waals surface area contributed by atoms with Crippen LogP contribution in [0.1, 0.15) is 26.5 Å². The first-order chi connectivity index (χ1) is 10.2. The Morgan fingerprint density at radius 3 is 2.68 bits per heavy atom. The molecule has 0 radical (unpaired) electrons. The van der Waals surface area contributed by atoms with Gasteiger partial charge in [-0.1, -0.05) is 24.3 Å². The fourth-order valence-electron chi connectivity index (χ4n) is 2.12. The Balaban J connectivity index is 0.00000242. The van der Waals surface area contributed by atoms with E-state index >= 15 is 0 Å². The second-order valence-electron chi connectivity index (χ2n) is 5.30. The molecule has 0 saturated heterocycles. The minimum absolute atomic E-state index is 0. The number of benzene rings is 1. The molecule has 2 N–H and O–H groups in total. The first-order valence-electron chi connectivity index (χ1n) is 7.58. The largest absolute Gasteiger partial charge is 0.357 e. The summed E-state index contributed by atoms with van der Waals surface area (Å²) in [5, 5.41) is 7.74. The lowest BCUT2D eigenvalue weighted by Crippen LogP contribution is -2.41. The zero-order valence-electron chi connectivity index (χ0n) is 13.5. The molecule has 1 aromatic heterocycles. The van der Waals surface area contributed by atoms with E-state index in [0.717, 1.165) is 36.7 Å². The van der Waals surface area contributed by atoms with Gasteiger partial charge < -0.3 is 10.6 Å². The molecule has 0 amide bonds. The smallest absolute Gasteiger partial charge is 0.191 e. The van der Waals surface area contributed by atoms with Gasteiger partial charge in [0.15, 0.2) is 5.96 Å². The fourth-order valence-corrected chi connectivity index (χ4v) is 2.12. The summed E-state index contributed by atoms with van der Waals surface area (Å²) in [7, 11) is 0. The molecule has 22 heavy (non-hydrogen) atoms. The third-order valence-corrected chi connectivity index (χ3v) is 3.06. The number of rotatable bonds is 5. The molecule has 120 valence electrons. The van der Waals surface area contributed by atoms with Gasteiger partial charge in [-0.2, -0.15) is 0 Å². The van der Waals surface area contributed by atoms with E-state index in [1.54, 1.807) is 0 Å². The third kappa shape index (κ3) is 5.79. The highest BCUT2D eigenvalue weighted by molar-refractivity contribution is 14.0. The topological polar surface area (TPSA) is 49.3 Å². The highest BCUT2D eigenvalue weighted by Crippen LogP contribution is 2.11. The van der Waals surface area contributed by atoms with Gasteiger partial charge in [-0.15, -0.1) is 24.0 Å². The van der Waals surface area contributed by atoms with Gasteiger partial charge in [0.1, 0.15) is 0 Å². The lowest BCUT2D eigenvalue weighted by atomic mass is 10.2. The second-order valence-corrected chi connectivity index (χ2v) is 5.30. The predicted molar refractivity (Wildman–Crippen MR) is 105 cm³/mol. The minimum atomic E-state index is 0. The van der Waals surface area contributed by atoms with Crippen molar-refractivity contribution in [3.63, 3.8) is 0 Å². The molecular formula is C17H25IN4. The number of hydrogen-bond donors (Lipinski definition) is 2. The van der Waals surface area contributed by atoms with Crippen molar-refractivity contribution >= 4 is 40.8 Å². The molecule has 0 bridgehead atoms. The summed E-state index contributed by atoms with van der Waals surface area (Å²) in [6, 6.07) is 12.8. The predicted octanol–water partition coefficient (Wildman–Crippen LogP) is 3.36. The fraction of sp³-hybridized carbons (Fsp3) is 0.412. The molecule has 0 unspecified atom stereocenters. The van der Waals surface area contributed by atoms with Crippen molar-refractivity contribution in [1.29, 1.82) is 0 Å². The number of hydrogen-bond acceptors (Lipinski definition) is 2. The maximum Gasteiger partial charge on any atom is 0.191 e. The van der Waals surface area contributed by atoms with E-state index in [4.69, 9.17) is 0 Å². The van der Waals surface area contributed by atoms with Crippen molar-refractivity contribution in [1.82, 2.24) is 15.6 Å². The number of nitrogens with zero attached hydrogens (tertiary/aromatic N) is 2. The zero-order valence-corrected chi connectivity index (χ0v) is 15.8. The number of nitrogens with one attached hydrogen (secondary N) is 2. The van der Waals surface area contributed by atoms with Crippen LogP contribution in [0, 0.1) is 0 Å². The van der Waals surface area contributed by atoms with Crippen molar-refractivity contribution in [3.05, 3.63) is 42.1 Å². The van der Waals surface area contributed by atoms with Gasteiger partial charge >= 0.3 is 0 Å². The van der Waals surface area contributed by atoms with Crippen LogP contribution in [0.5, 0.6) is 0 Å². The molecule has 0 aliphatic carbocycles. The number of pyridine rings is 1. The van der Waals surface area contributed by atoms with Gasteiger partial charge in [0.2, 0.25) is 0 Å². The summed E-state index contributed by atoms with van der Waals surface area (Å²) in [4.78, 5) is 9.25. The number of para-hydroxylation sites is 1. The Bertz CT molecular complexity index is 610. The van der Waals surface area contributed by atoms with Crippen LogP contribution >= 0.6 is 24.0 Å². The van der Waals surface area contributed by atoms with Crippen molar-refractivity contribution in [3.8, 4) is 0 Å². The Kier molecular flexibility index (Phi) is 8.16. The summed E-state index contributed by atoms with van der Waals surface area (Å²) in [6.07, 6.45) is 0.847. The van der Waals surface area contributed by atoms with Gasteiger partial charge in [-0.25, -0.2) is 0 Å². The molecule has 5 heteroatoms. The SMILES string of the molecule is CCNC(=NCCc1ccc2ccccc2n1)NC(C)C.I. The molecule has 2 aromatic rings. The van der Waals surface area contributed by atoms with E-state index in [1.165, 1.54) is 5.39 Å². The number of fused-ring (bicyclic) bond motifs is 1. The molecule has 0 fully saturated rings. The number of halogens is 1. The number of aromatic nitrogens is 1. The van der Waals surface area contributed by atoms with E-state index in [9.17, 15) is 0 Å². The van der Waals surface area contributed by atoms with Crippen molar-refractivity contribution in [2.24, 2.45) is 4.99 Å². The molecular weight excluding hydrogens is 387 g/mol. The Labute approximate surface area is 149 Å². The lowest BCUT2D eigenvalue weighted by molar-refractivity contribution is 0.700. The maximum absolute atomic E-state index is 4.67. The van der Waals surface area contributed by atoms with Crippen LogP contribution in [0.3, 0.4) is 0 Å². The standard InChI is InChI=1S/C17H24N4.HI/c1-4-18-17(20-13(2)3)19-12-11-15-10-9-14-7-5-6-8-16(14)21-15;/h5-10,13H,4,11-12H2,1-3H3,(H2,18,19,20);1H. The molecule has 4 nitrogen and oxygen atoms in total. The van der Waals surface area contributed by atoms with Crippen LogP contribution in [0.25, 0.3) is 10.9 Å². The van der Waals surface area contributed by atoms with Crippen LogP contribution in [0.4, 0.5) is 0 Å². The highest BCUT2D eigenvalue weighted by Gasteiger charge is 2.01. The third-order valence-electron chi connectivity index (χ3n) is 3.06. The first-order valence-corrected chi connectivity index (χ1v) is 7.58. The summed E-state index contributed by atoms with van der Waals surface area (Å²) >= 11 is 0. The molecule has 1 aromatic carbocycles. The van der Waals surface area contributed by atoms with E-state index in [1.807, 2.05) is 18.2 Å². The second kappa shape index (κ2) is 9.61. The van der Waals surface area contributed by atoms with Crippen molar-refractivity contribution in [2.75, 3.05) is 13.1 Å². The van der Waals surface area contributed by atoms with Gasteiger partial charge in [-0.3, -0.25) is 9.98 Å². The Hall–Kier alpha value is -1.37. The van der Waals surface area contributed by atoms with Gasteiger partial charge in [-0.05, 0) is 32.9 Å². The van der Waals surface area contributed by atoms with E-state index < -0.39 is 0 Å². The monoisotopic (exact) mass is 412 g/mol. The van der Waals surface area contributed by atoms with Gasteiger partial charge in [0.05, 0.1) is 5.52 Å². The van der Waals surface area contributed by atoms with Crippen LogP contribution in [-0.4, -0.2) is 30.1 Å². The van der Waals surface area contributed by atoms with Crippen LogP contribution in [0.2, 0.25) is 0 Å². The van der Waals surface area contributed by atoms with Gasteiger partial charge in [0.25, 0.3) is 0 Å². The zero-order chi connectivity index (χ0) is 15.1.